The largest absolute Gasteiger partial charge is 0.487 e. The molecule has 1 fully saturated rings. The van der Waals surface area contributed by atoms with E-state index in [0.717, 1.165) is 6.07 Å². The zero-order chi connectivity index (χ0) is 17.0. The molecule has 0 saturated heterocycles. The van der Waals surface area contributed by atoms with Crippen LogP contribution in [0.2, 0.25) is 0 Å². The molecule has 8 heteroatoms. The number of ether oxygens (including phenoxy) is 2. The molecular weight excluding hydrogens is 307 g/mol. The van der Waals surface area contributed by atoms with Gasteiger partial charge in [0.1, 0.15) is 0 Å². The molecule has 1 aromatic rings. The summed E-state index contributed by atoms with van der Waals surface area (Å²) in [5.41, 5.74) is 4.41. The zero-order valence-corrected chi connectivity index (χ0v) is 12.8. The number of nitrogens with zero attached hydrogens (tertiary/aromatic N) is 1. The second kappa shape index (κ2) is 7.26. The van der Waals surface area contributed by atoms with Crippen molar-refractivity contribution in [2.24, 2.45) is 5.92 Å². The Morgan fingerprint density at radius 3 is 2.61 bits per heavy atom. The van der Waals surface area contributed by atoms with Gasteiger partial charge in [0.05, 0.1) is 23.6 Å². The Morgan fingerprint density at radius 1 is 1.39 bits per heavy atom. The summed E-state index contributed by atoms with van der Waals surface area (Å²) in [4.78, 5) is 21.6. The van der Waals surface area contributed by atoms with Gasteiger partial charge in [-0.15, -0.1) is 0 Å². The topological polar surface area (TPSA) is 105 Å². The molecule has 0 heterocycles. The Labute approximate surface area is 132 Å². The van der Waals surface area contributed by atoms with E-state index in [4.69, 9.17) is 15.2 Å². The van der Waals surface area contributed by atoms with E-state index < -0.39 is 22.1 Å². The molecule has 1 aromatic carbocycles. The molecule has 126 valence electrons. The van der Waals surface area contributed by atoms with Gasteiger partial charge in [0.25, 0.3) is 5.69 Å². The minimum atomic E-state index is -0.924. The van der Waals surface area contributed by atoms with Crippen molar-refractivity contribution in [1.29, 1.82) is 0 Å². The van der Waals surface area contributed by atoms with E-state index in [1.807, 2.05) is 0 Å². The normalized spacial score (nSPS) is 20.8. The van der Waals surface area contributed by atoms with Gasteiger partial charge in [0, 0.05) is 6.07 Å². The molecule has 0 aromatic heterocycles. The van der Waals surface area contributed by atoms with Crippen LogP contribution in [0.5, 0.6) is 5.75 Å². The maximum Gasteiger partial charge on any atom is 0.308 e. The lowest BCUT2D eigenvalue weighted by molar-refractivity contribution is -0.384. The molecule has 7 nitrogen and oxygen atoms in total. The van der Waals surface area contributed by atoms with Gasteiger partial charge in [-0.3, -0.25) is 14.9 Å². The third-order valence-electron chi connectivity index (χ3n) is 3.91. The summed E-state index contributed by atoms with van der Waals surface area (Å²) >= 11 is 0. The van der Waals surface area contributed by atoms with E-state index in [-0.39, 0.29) is 23.7 Å². The van der Waals surface area contributed by atoms with E-state index in [2.05, 4.69) is 0 Å². The first-order valence-electron chi connectivity index (χ1n) is 7.49. The highest BCUT2D eigenvalue weighted by atomic mass is 19.1. The van der Waals surface area contributed by atoms with Gasteiger partial charge >= 0.3 is 5.97 Å². The fourth-order valence-corrected chi connectivity index (χ4v) is 2.67. The highest BCUT2D eigenvalue weighted by Gasteiger charge is 2.29. The fraction of sp³-hybridized carbons (Fsp3) is 0.533. The predicted molar refractivity (Wildman–Crippen MR) is 80.5 cm³/mol. The Kier molecular flexibility index (Phi) is 5.36. The standard InChI is InChI=1S/C15H19FN2O5/c1-2-22-15(19)9-3-5-10(6-4-9)23-12-8-7-11(18(20)21)14(17)13(12)16/h7-10H,2-6,17H2,1H3. The Hall–Kier alpha value is -2.38. The van der Waals surface area contributed by atoms with Crippen LogP contribution in [0.25, 0.3) is 0 Å². The minimum absolute atomic E-state index is 0.104. The van der Waals surface area contributed by atoms with Gasteiger partial charge in [-0.2, -0.15) is 0 Å². The Morgan fingerprint density at radius 2 is 2.04 bits per heavy atom. The third-order valence-corrected chi connectivity index (χ3v) is 3.91. The molecule has 0 bridgehead atoms. The van der Waals surface area contributed by atoms with Crippen LogP contribution >= 0.6 is 0 Å². The number of carbonyl (C=O) groups is 1. The SMILES string of the molecule is CCOC(=O)C1CCC(Oc2ccc([N+](=O)[O-])c(N)c2F)CC1. The number of hydrogen-bond acceptors (Lipinski definition) is 6. The van der Waals surface area contributed by atoms with E-state index >= 15 is 0 Å². The van der Waals surface area contributed by atoms with Gasteiger partial charge in [0.2, 0.25) is 0 Å². The summed E-state index contributed by atoms with van der Waals surface area (Å²) in [6, 6.07) is 2.33. The zero-order valence-electron chi connectivity index (χ0n) is 12.8. The maximum atomic E-state index is 14.1. The molecule has 0 aliphatic heterocycles. The average Bonchev–Trinajstić information content (AvgIpc) is 2.52. The van der Waals surface area contributed by atoms with Gasteiger partial charge in [-0.1, -0.05) is 0 Å². The molecule has 0 atom stereocenters. The molecule has 23 heavy (non-hydrogen) atoms. The average molecular weight is 326 g/mol. The number of nitro benzene ring substituents is 1. The number of benzene rings is 1. The van der Waals surface area contributed by atoms with Crippen molar-refractivity contribution in [3.8, 4) is 5.75 Å². The van der Waals surface area contributed by atoms with Crippen molar-refractivity contribution in [3.05, 3.63) is 28.1 Å². The summed E-state index contributed by atoms with van der Waals surface area (Å²) < 4.78 is 24.6. The van der Waals surface area contributed by atoms with Crippen LogP contribution in [0, 0.1) is 21.8 Å². The molecule has 1 aliphatic carbocycles. The molecule has 2 rings (SSSR count). The predicted octanol–water partition coefficient (Wildman–Crippen LogP) is 2.82. The lowest BCUT2D eigenvalue weighted by Gasteiger charge is -2.27. The Bertz CT molecular complexity index is 600. The number of rotatable bonds is 5. The second-order valence-electron chi connectivity index (χ2n) is 5.41. The van der Waals surface area contributed by atoms with Crippen LogP contribution in [0.4, 0.5) is 15.8 Å². The summed E-state index contributed by atoms with van der Waals surface area (Å²) in [7, 11) is 0. The summed E-state index contributed by atoms with van der Waals surface area (Å²) in [5, 5.41) is 10.7. The van der Waals surface area contributed by atoms with Crippen LogP contribution in [0.15, 0.2) is 12.1 Å². The molecular formula is C15H19FN2O5. The van der Waals surface area contributed by atoms with E-state index in [1.54, 1.807) is 6.92 Å². The van der Waals surface area contributed by atoms with Crippen LogP contribution in [0.3, 0.4) is 0 Å². The summed E-state index contributed by atoms with van der Waals surface area (Å²) in [6.07, 6.45) is 2.12. The van der Waals surface area contributed by atoms with E-state index in [9.17, 15) is 19.3 Å². The quantitative estimate of drug-likeness (QED) is 0.386. The molecule has 1 saturated carbocycles. The highest BCUT2D eigenvalue weighted by Crippen LogP contribution is 2.34. The number of esters is 1. The third kappa shape index (κ3) is 3.88. The van der Waals surface area contributed by atoms with E-state index in [0.29, 0.717) is 32.3 Å². The maximum absolute atomic E-state index is 14.1. The first kappa shape index (κ1) is 17.0. The van der Waals surface area contributed by atoms with Gasteiger partial charge < -0.3 is 15.2 Å². The van der Waals surface area contributed by atoms with Crippen molar-refractivity contribution < 1.29 is 23.6 Å². The van der Waals surface area contributed by atoms with Crippen LogP contribution in [0.1, 0.15) is 32.6 Å². The van der Waals surface area contributed by atoms with Crippen molar-refractivity contribution >= 4 is 17.3 Å². The number of hydrogen-bond donors (Lipinski definition) is 1. The van der Waals surface area contributed by atoms with E-state index in [1.165, 1.54) is 6.07 Å². The van der Waals surface area contributed by atoms with Crippen molar-refractivity contribution in [3.63, 3.8) is 0 Å². The van der Waals surface area contributed by atoms with Gasteiger partial charge in [-0.05, 0) is 38.7 Å². The molecule has 0 radical (unpaired) electrons. The smallest absolute Gasteiger partial charge is 0.308 e. The fourth-order valence-electron chi connectivity index (χ4n) is 2.67. The number of nitro groups is 1. The molecule has 1 aliphatic rings. The molecule has 0 amide bonds. The molecule has 0 unspecified atom stereocenters. The van der Waals surface area contributed by atoms with Crippen molar-refractivity contribution in [2.75, 3.05) is 12.3 Å². The first-order valence-corrected chi connectivity index (χ1v) is 7.49. The van der Waals surface area contributed by atoms with Crippen LogP contribution in [-0.4, -0.2) is 23.6 Å². The van der Waals surface area contributed by atoms with Crippen molar-refractivity contribution in [1.82, 2.24) is 0 Å². The molecule has 2 N–H and O–H groups in total. The number of anilines is 1. The lowest BCUT2D eigenvalue weighted by Crippen LogP contribution is -2.29. The summed E-state index contributed by atoms with van der Waals surface area (Å²) in [5.74, 6) is -1.39. The summed E-state index contributed by atoms with van der Waals surface area (Å²) in [6.45, 7) is 2.11. The van der Waals surface area contributed by atoms with Crippen molar-refractivity contribution in [2.45, 2.75) is 38.7 Å². The number of nitrogen functional groups attached to an aromatic ring is 1. The lowest BCUT2D eigenvalue weighted by atomic mass is 9.87. The van der Waals surface area contributed by atoms with Gasteiger partial charge in [0.15, 0.2) is 17.3 Å². The second-order valence-corrected chi connectivity index (χ2v) is 5.41. The monoisotopic (exact) mass is 326 g/mol. The Balaban J connectivity index is 1.98. The number of halogens is 1. The first-order chi connectivity index (χ1) is 10.9. The number of carbonyl (C=O) groups excluding carboxylic acids is 1. The molecule has 0 spiro atoms. The number of nitrogens with two attached hydrogens (primary N) is 1. The minimum Gasteiger partial charge on any atom is -0.487 e. The van der Waals surface area contributed by atoms with Crippen LogP contribution < -0.4 is 10.5 Å². The van der Waals surface area contributed by atoms with Gasteiger partial charge in [-0.25, -0.2) is 4.39 Å². The van der Waals surface area contributed by atoms with Crippen LogP contribution in [-0.2, 0) is 9.53 Å². The highest BCUT2D eigenvalue weighted by molar-refractivity contribution is 5.72.